The standard InChI is InChI=1S/C9H10F3NO.C2H6/c1-2-13-7-3-5-8(6-4-7)14-9(10,11)12;1-2/h3-6,13H,2H2,1H3;1-2H3. The molecule has 0 radical (unpaired) electrons. The van der Waals surface area contributed by atoms with E-state index in [1.165, 1.54) is 24.3 Å². The third-order valence-electron chi connectivity index (χ3n) is 1.47. The van der Waals surface area contributed by atoms with Gasteiger partial charge in [-0.15, -0.1) is 13.2 Å². The Morgan fingerprint density at radius 1 is 1.12 bits per heavy atom. The monoisotopic (exact) mass is 235 g/mol. The minimum absolute atomic E-state index is 0.209. The maximum Gasteiger partial charge on any atom is 0.573 e. The fourth-order valence-electron chi connectivity index (χ4n) is 0.979. The number of alkyl halides is 3. The summed E-state index contributed by atoms with van der Waals surface area (Å²) in [5.41, 5.74) is 0.766. The first-order valence-electron chi connectivity index (χ1n) is 5.11. The summed E-state index contributed by atoms with van der Waals surface area (Å²) >= 11 is 0. The van der Waals surface area contributed by atoms with E-state index in [1.807, 2.05) is 20.8 Å². The van der Waals surface area contributed by atoms with Crippen molar-refractivity contribution < 1.29 is 17.9 Å². The van der Waals surface area contributed by atoms with E-state index >= 15 is 0 Å². The first kappa shape index (κ1) is 14.6. The average Bonchev–Trinajstić information content (AvgIpc) is 2.22. The largest absolute Gasteiger partial charge is 0.573 e. The Hall–Kier alpha value is -1.39. The van der Waals surface area contributed by atoms with Gasteiger partial charge in [-0.2, -0.15) is 0 Å². The Bertz CT molecular complexity index is 282. The van der Waals surface area contributed by atoms with Crippen molar-refractivity contribution in [2.45, 2.75) is 27.1 Å². The van der Waals surface area contributed by atoms with Crippen LogP contribution in [0.4, 0.5) is 18.9 Å². The highest BCUT2D eigenvalue weighted by molar-refractivity contribution is 5.46. The second kappa shape index (κ2) is 6.98. The van der Waals surface area contributed by atoms with Gasteiger partial charge in [-0.25, -0.2) is 0 Å². The van der Waals surface area contributed by atoms with E-state index in [2.05, 4.69) is 10.1 Å². The summed E-state index contributed by atoms with van der Waals surface area (Å²) < 4.78 is 39.0. The third kappa shape index (κ3) is 6.16. The van der Waals surface area contributed by atoms with Crippen molar-refractivity contribution >= 4 is 5.69 Å². The normalized spacial score (nSPS) is 10.1. The van der Waals surface area contributed by atoms with Gasteiger partial charge < -0.3 is 10.1 Å². The van der Waals surface area contributed by atoms with Gasteiger partial charge in [0, 0.05) is 12.2 Å². The molecule has 0 aliphatic carbocycles. The zero-order valence-corrected chi connectivity index (χ0v) is 9.56. The van der Waals surface area contributed by atoms with Gasteiger partial charge in [0.25, 0.3) is 0 Å². The molecule has 0 unspecified atom stereocenters. The van der Waals surface area contributed by atoms with Crippen molar-refractivity contribution in [3.8, 4) is 5.75 Å². The van der Waals surface area contributed by atoms with Gasteiger partial charge in [0.2, 0.25) is 0 Å². The van der Waals surface area contributed by atoms with Crippen LogP contribution in [0.1, 0.15) is 20.8 Å². The van der Waals surface area contributed by atoms with Gasteiger partial charge in [-0.05, 0) is 31.2 Å². The van der Waals surface area contributed by atoms with Gasteiger partial charge in [-0.3, -0.25) is 0 Å². The molecule has 0 saturated carbocycles. The molecule has 0 fully saturated rings. The highest BCUT2D eigenvalue weighted by Crippen LogP contribution is 2.23. The molecule has 2 nitrogen and oxygen atoms in total. The lowest BCUT2D eigenvalue weighted by atomic mass is 10.3. The predicted molar refractivity (Wildman–Crippen MR) is 58.6 cm³/mol. The van der Waals surface area contributed by atoms with Crippen LogP contribution in [0.2, 0.25) is 0 Å². The van der Waals surface area contributed by atoms with Gasteiger partial charge >= 0.3 is 6.36 Å². The fraction of sp³-hybridized carbons (Fsp3) is 0.455. The SMILES string of the molecule is CC.CCNc1ccc(OC(F)(F)F)cc1. The summed E-state index contributed by atoms with van der Waals surface area (Å²) in [6.07, 6.45) is -4.63. The van der Waals surface area contributed by atoms with Crippen molar-refractivity contribution in [1.29, 1.82) is 0 Å². The zero-order valence-electron chi connectivity index (χ0n) is 9.56. The van der Waals surface area contributed by atoms with Crippen LogP contribution in [-0.4, -0.2) is 12.9 Å². The van der Waals surface area contributed by atoms with Gasteiger partial charge in [0.05, 0.1) is 0 Å². The van der Waals surface area contributed by atoms with Crippen molar-refractivity contribution in [2.24, 2.45) is 0 Å². The average molecular weight is 235 g/mol. The summed E-state index contributed by atoms with van der Waals surface area (Å²) in [5.74, 6) is -0.209. The fourth-order valence-corrected chi connectivity index (χ4v) is 0.979. The van der Waals surface area contributed by atoms with Crippen LogP contribution in [0.5, 0.6) is 5.75 Å². The number of nitrogens with one attached hydrogen (secondary N) is 1. The second-order valence-corrected chi connectivity index (χ2v) is 2.60. The van der Waals surface area contributed by atoms with E-state index in [4.69, 9.17) is 0 Å². The van der Waals surface area contributed by atoms with Crippen LogP contribution in [0.25, 0.3) is 0 Å². The molecule has 16 heavy (non-hydrogen) atoms. The van der Waals surface area contributed by atoms with Gasteiger partial charge in [0.1, 0.15) is 5.75 Å². The van der Waals surface area contributed by atoms with Crippen LogP contribution in [0.15, 0.2) is 24.3 Å². The number of hydrogen-bond donors (Lipinski definition) is 1. The Morgan fingerprint density at radius 2 is 1.62 bits per heavy atom. The van der Waals surface area contributed by atoms with E-state index < -0.39 is 6.36 Å². The molecule has 1 N–H and O–H groups in total. The molecule has 0 bridgehead atoms. The number of halogens is 3. The first-order chi connectivity index (χ1) is 7.51. The van der Waals surface area contributed by atoms with E-state index in [0.717, 1.165) is 12.2 Å². The lowest BCUT2D eigenvalue weighted by Crippen LogP contribution is -2.17. The molecule has 0 aliphatic rings. The topological polar surface area (TPSA) is 21.3 Å². The molecular weight excluding hydrogens is 219 g/mol. The molecule has 1 aromatic rings. The molecule has 1 rings (SSSR count). The Morgan fingerprint density at radius 3 is 2.00 bits per heavy atom. The molecular formula is C11H16F3NO. The number of rotatable bonds is 3. The summed E-state index contributed by atoms with van der Waals surface area (Å²) in [5, 5.41) is 2.96. The maximum absolute atomic E-state index is 11.8. The third-order valence-corrected chi connectivity index (χ3v) is 1.47. The minimum atomic E-state index is -4.63. The van der Waals surface area contributed by atoms with Gasteiger partial charge in [0.15, 0.2) is 0 Å². The summed E-state index contributed by atoms with van der Waals surface area (Å²) in [7, 11) is 0. The molecule has 0 atom stereocenters. The van der Waals surface area contributed by atoms with Crippen LogP contribution >= 0.6 is 0 Å². The molecule has 5 heteroatoms. The molecule has 1 aromatic carbocycles. The second-order valence-electron chi connectivity index (χ2n) is 2.60. The summed E-state index contributed by atoms with van der Waals surface area (Å²) in [4.78, 5) is 0. The summed E-state index contributed by atoms with van der Waals surface area (Å²) in [6.45, 7) is 6.62. The molecule has 0 aliphatic heterocycles. The van der Waals surface area contributed by atoms with Crippen LogP contribution in [0, 0.1) is 0 Å². The lowest BCUT2D eigenvalue weighted by molar-refractivity contribution is -0.274. The number of benzene rings is 1. The van der Waals surface area contributed by atoms with Crippen molar-refractivity contribution in [1.82, 2.24) is 0 Å². The number of hydrogen-bond acceptors (Lipinski definition) is 2. The van der Waals surface area contributed by atoms with E-state index in [-0.39, 0.29) is 5.75 Å². The maximum atomic E-state index is 11.8. The van der Waals surface area contributed by atoms with Crippen LogP contribution in [0.3, 0.4) is 0 Å². The molecule has 0 aromatic heterocycles. The predicted octanol–water partition coefficient (Wildman–Crippen LogP) is 4.04. The summed E-state index contributed by atoms with van der Waals surface area (Å²) in [6, 6.07) is 5.60. The zero-order chi connectivity index (χ0) is 12.6. The molecule has 92 valence electrons. The van der Waals surface area contributed by atoms with Crippen molar-refractivity contribution in [2.75, 3.05) is 11.9 Å². The van der Waals surface area contributed by atoms with Gasteiger partial charge in [-0.1, -0.05) is 13.8 Å². The number of anilines is 1. The Labute approximate surface area is 93.4 Å². The van der Waals surface area contributed by atoms with Crippen molar-refractivity contribution in [3.05, 3.63) is 24.3 Å². The smallest absolute Gasteiger partial charge is 0.406 e. The van der Waals surface area contributed by atoms with E-state index in [0.29, 0.717) is 0 Å². The first-order valence-corrected chi connectivity index (χ1v) is 5.11. The molecule has 0 saturated heterocycles. The lowest BCUT2D eigenvalue weighted by Gasteiger charge is -2.09. The van der Waals surface area contributed by atoms with E-state index in [1.54, 1.807) is 0 Å². The van der Waals surface area contributed by atoms with Crippen LogP contribution < -0.4 is 10.1 Å². The highest BCUT2D eigenvalue weighted by Gasteiger charge is 2.30. The number of ether oxygens (including phenoxy) is 1. The Balaban J connectivity index is 0.00000106. The minimum Gasteiger partial charge on any atom is -0.406 e. The van der Waals surface area contributed by atoms with Crippen LogP contribution in [-0.2, 0) is 0 Å². The Kier molecular flexibility index (Phi) is 6.37. The highest BCUT2D eigenvalue weighted by atomic mass is 19.4. The molecule has 0 spiro atoms. The quantitative estimate of drug-likeness (QED) is 0.853. The van der Waals surface area contributed by atoms with E-state index in [9.17, 15) is 13.2 Å². The molecule has 0 amide bonds. The molecule has 0 heterocycles. The van der Waals surface area contributed by atoms with Crippen molar-refractivity contribution in [3.63, 3.8) is 0 Å².